The number of aromatic nitrogens is 1. The Labute approximate surface area is 184 Å². The first-order valence-electron chi connectivity index (χ1n) is 9.20. The largest absolute Gasteiger partial charge is 0.493 e. The number of anilines is 2. The van der Waals surface area contributed by atoms with Gasteiger partial charge >= 0.3 is 0 Å². The minimum absolute atomic E-state index is 0. The lowest BCUT2D eigenvalue weighted by atomic mass is 10.2. The third kappa shape index (κ3) is 8.20. The van der Waals surface area contributed by atoms with Gasteiger partial charge in [-0.05, 0) is 44.0 Å². The van der Waals surface area contributed by atoms with Gasteiger partial charge in [-0.1, -0.05) is 6.07 Å². The molecule has 2 aromatic rings. The summed E-state index contributed by atoms with van der Waals surface area (Å²) >= 11 is 0. The van der Waals surface area contributed by atoms with Crippen molar-refractivity contribution in [1.29, 1.82) is 0 Å². The molecule has 3 N–H and O–H groups in total. The van der Waals surface area contributed by atoms with Crippen LogP contribution in [0.1, 0.15) is 19.8 Å². The first kappa shape index (κ1) is 23.8. The molecule has 0 fully saturated rings. The SMILES string of the molecule is CCOc1cc(NC(=NC)NCCCCNc2ccccn2)ccc1OC.I. The zero-order chi connectivity index (χ0) is 19.3. The number of guanidine groups is 1. The van der Waals surface area contributed by atoms with Crippen LogP contribution in [0.5, 0.6) is 11.5 Å². The second-order valence-corrected chi connectivity index (χ2v) is 5.77. The van der Waals surface area contributed by atoms with Crippen molar-refractivity contribution < 1.29 is 9.47 Å². The van der Waals surface area contributed by atoms with Crippen LogP contribution in [0.15, 0.2) is 47.6 Å². The highest BCUT2D eigenvalue weighted by atomic mass is 127. The smallest absolute Gasteiger partial charge is 0.195 e. The van der Waals surface area contributed by atoms with Crippen molar-refractivity contribution >= 4 is 41.4 Å². The maximum Gasteiger partial charge on any atom is 0.195 e. The summed E-state index contributed by atoms with van der Waals surface area (Å²) in [5.41, 5.74) is 0.893. The molecule has 2 rings (SSSR count). The van der Waals surface area contributed by atoms with Gasteiger partial charge in [0.25, 0.3) is 0 Å². The Balaban J connectivity index is 0.00000392. The molecular weight excluding hydrogens is 469 g/mol. The fourth-order valence-corrected chi connectivity index (χ4v) is 2.48. The molecule has 28 heavy (non-hydrogen) atoms. The molecular formula is C20H30IN5O2. The van der Waals surface area contributed by atoms with Gasteiger partial charge in [0.05, 0.1) is 13.7 Å². The third-order valence-corrected chi connectivity index (χ3v) is 3.82. The number of halogens is 1. The lowest BCUT2D eigenvalue weighted by Gasteiger charge is -2.14. The molecule has 0 saturated carbocycles. The Morgan fingerprint density at radius 3 is 2.61 bits per heavy atom. The van der Waals surface area contributed by atoms with Crippen LogP contribution in [0.25, 0.3) is 0 Å². The van der Waals surface area contributed by atoms with E-state index in [0.29, 0.717) is 18.1 Å². The van der Waals surface area contributed by atoms with Crippen LogP contribution in [0.4, 0.5) is 11.5 Å². The average Bonchev–Trinajstić information content (AvgIpc) is 2.71. The molecule has 1 aromatic heterocycles. The molecule has 8 heteroatoms. The third-order valence-electron chi connectivity index (χ3n) is 3.82. The fraction of sp³-hybridized carbons (Fsp3) is 0.400. The van der Waals surface area contributed by atoms with Gasteiger partial charge in [-0.25, -0.2) is 4.98 Å². The Kier molecular flexibility index (Phi) is 11.8. The number of ether oxygens (including phenoxy) is 2. The minimum atomic E-state index is 0. The first-order chi connectivity index (χ1) is 13.3. The molecule has 1 aromatic carbocycles. The van der Waals surface area contributed by atoms with Crippen molar-refractivity contribution in [2.75, 3.05) is 44.5 Å². The summed E-state index contributed by atoms with van der Waals surface area (Å²) in [5, 5.41) is 9.90. The van der Waals surface area contributed by atoms with Crippen LogP contribution in [0.2, 0.25) is 0 Å². The van der Waals surface area contributed by atoms with E-state index in [2.05, 4.69) is 25.9 Å². The van der Waals surface area contributed by atoms with Gasteiger partial charge in [-0.2, -0.15) is 0 Å². The molecule has 0 aliphatic heterocycles. The second-order valence-electron chi connectivity index (χ2n) is 5.77. The van der Waals surface area contributed by atoms with E-state index in [1.807, 2.05) is 43.3 Å². The number of benzene rings is 1. The van der Waals surface area contributed by atoms with E-state index >= 15 is 0 Å². The van der Waals surface area contributed by atoms with Crippen molar-refractivity contribution in [3.05, 3.63) is 42.6 Å². The van der Waals surface area contributed by atoms with Gasteiger partial charge in [0, 0.05) is 38.1 Å². The molecule has 154 valence electrons. The van der Waals surface area contributed by atoms with Crippen molar-refractivity contribution in [2.45, 2.75) is 19.8 Å². The van der Waals surface area contributed by atoms with Crippen molar-refractivity contribution in [2.24, 2.45) is 4.99 Å². The highest BCUT2D eigenvalue weighted by molar-refractivity contribution is 14.0. The molecule has 0 bridgehead atoms. The maximum atomic E-state index is 5.61. The monoisotopic (exact) mass is 499 g/mol. The van der Waals surface area contributed by atoms with Crippen LogP contribution in [0, 0.1) is 0 Å². The molecule has 0 saturated heterocycles. The van der Waals surface area contributed by atoms with E-state index in [1.165, 1.54) is 0 Å². The summed E-state index contributed by atoms with van der Waals surface area (Å²) in [5.74, 6) is 3.06. The Hall–Kier alpha value is -2.23. The summed E-state index contributed by atoms with van der Waals surface area (Å²) in [7, 11) is 3.39. The number of nitrogens with zero attached hydrogens (tertiary/aromatic N) is 2. The summed E-state index contributed by atoms with van der Waals surface area (Å²) in [4.78, 5) is 8.51. The molecule has 1 heterocycles. The standard InChI is InChI=1S/C20H29N5O2.HI/c1-4-27-18-15-16(10-11-17(18)26-3)25-20(21-2)24-14-8-7-13-23-19-9-5-6-12-22-19;/h5-6,9-12,15H,4,7-8,13-14H2,1-3H3,(H,22,23)(H2,21,24,25);1H. The molecule has 0 unspecified atom stereocenters. The van der Waals surface area contributed by atoms with Gasteiger partial charge < -0.3 is 25.4 Å². The molecule has 0 spiro atoms. The molecule has 7 nitrogen and oxygen atoms in total. The normalized spacial score (nSPS) is 10.6. The Morgan fingerprint density at radius 1 is 1.11 bits per heavy atom. The highest BCUT2D eigenvalue weighted by Gasteiger charge is 2.06. The zero-order valence-electron chi connectivity index (χ0n) is 16.7. The molecule has 0 aliphatic carbocycles. The van der Waals surface area contributed by atoms with Crippen LogP contribution in [-0.2, 0) is 0 Å². The Bertz CT molecular complexity index is 713. The Morgan fingerprint density at radius 2 is 1.93 bits per heavy atom. The molecule has 0 radical (unpaired) electrons. The van der Waals surface area contributed by atoms with E-state index < -0.39 is 0 Å². The number of unbranched alkanes of at least 4 members (excludes halogenated alkanes) is 1. The van der Waals surface area contributed by atoms with Gasteiger partial charge in [0.2, 0.25) is 0 Å². The van der Waals surface area contributed by atoms with Crippen LogP contribution in [-0.4, -0.2) is 44.8 Å². The summed E-state index contributed by atoms with van der Waals surface area (Å²) < 4.78 is 10.9. The lowest BCUT2D eigenvalue weighted by molar-refractivity contribution is 0.311. The predicted octanol–water partition coefficient (Wildman–Crippen LogP) is 3.99. The van der Waals surface area contributed by atoms with E-state index in [-0.39, 0.29) is 24.0 Å². The number of nitrogens with one attached hydrogen (secondary N) is 3. The van der Waals surface area contributed by atoms with Gasteiger partial charge in [0.15, 0.2) is 17.5 Å². The van der Waals surface area contributed by atoms with E-state index in [4.69, 9.17) is 9.47 Å². The van der Waals surface area contributed by atoms with Crippen molar-refractivity contribution in [3.63, 3.8) is 0 Å². The van der Waals surface area contributed by atoms with Gasteiger partial charge in [-0.3, -0.25) is 4.99 Å². The van der Waals surface area contributed by atoms with Crippen LogP contribution >= 0.6 is 24.0 Å². The van der Waals surface area contributed by atoms with E-state index in [0.717, 1.165) is 43.4 Å². The number of rotatable bonds is 10. The number of hydrogen-bond donors (Lipinski definition) is 3. The topological polar surface area (TPSA) is 79.8 Å². The zero-order valence-corrected chi connectivity index (χ0v) is 19.0. The van der Waals surface area contributed by atoms with Gasteiger partial charge in [0.1, 0.15) is 5.82 Å². The van der Waals surface area contributed by atoms with E-state index in [9.17, 15) is 0 Å². The predicted molar refractivity (Wildman–Crippen MR) is 127 cm³/mol. The number of hydrogen-bond acceptors (Lipinski definition) is 5. The van der Waals surface area contributed by atoms with Gasteiger partial charge in [-0.15, -0.1) is 24.0 Å². The summed E-state index contributed by atoms with van der Waals surface area (Å²) in [6.45, 7) is 4.25. The quantitative estimate of drug-likeness (QED) is 0.199. The summed E-state index contributed by atoms with van der Waals surface area (Å²) in [6, 6.07) is 11.6. The van der Waals surface area contributed by atoms with Crippen LogP contribution in [0.3, 0.4) is 0 Å². The number of methoxy groups -OCH3 is 1. The fourth-order valence-electron chi connectivity index (χ4n) is 2.48. The van der Waals surface area contributed by atoms with E-state index in [1.54, 1.807) is 20.4 Å². The molecule has 0 aliphatic rings. The number of pyridine rings is 1. The second kappa shape index (κ2) is 13.9. The first-order valence-corrected chi connectivity index (χ1v) is 9.20. The summed E-state index contributed by atoms with van der Waals surface area (Å²) in [6.07, 6.45) is 3.85. The average molecular weight is 499 g/mol. The van der Waals surface area contributed by atoms with Crippen LogP contribution < -0.4 is 25.4 Å². The minimum Gasteiger partial charge on any atom is -0.493 e. The number of aliphatic imine (C=N–C) groups is 1. The highest BCUT2D eigenvalue weighted by Crippen LogP contribution is 2.30. The van der Waals surface area contributed by atoms with Crippen molar-refractivity contribution in [1.82, 2.24) is 10.3 Å². The lowest BCUT2D eigenvalue weighted by Crippen LogP contribution is -2.31. The maximum absolute atomic E-state index is 5.61. The van der Waals surface area contributed by atoms with Crippen molar-refractivity contribution in [3.8, 4) is 11.5 Å². The molecule has 0 amide bonds. The molecule has 0 atom stereocenters.